The molecule has 18 heavy (non-hydrogen) atoms. The van der Waals surface area contributed by atoms with Gasteiger partial charge in [-0.15, -0.1) is 11.3 Å². The van der Waals surface area contributed by atoms with Crippen molar-refractivity contribution in [2.45, 2.75) is 31.8 Å². The fourth-order valence-corrected chi connectivity index (χ4v) is 3.33. The number of hydrogen-bond donors (Lipinski definition) is 1. The third-order valence-corrected chi connectivity index (χ3v) is 4.45. The summed E-state index contributed by atoms with van der Waals surface area (Å²) in [7, 11) is 0. The number of nitrogens with two attached hydrogens (primary N) is 1. The van der Waals surface area contributed by atoms with Gasteiger partial charge in [0.25, 0.3) is 0 Å². The van der Waals surface area contributed by atoms with Crippen molar-refractivity contribution < 1.29 is 4.74 Å². The van der Waals surface area contributed by atoms with Crippen LogP contribution in [0.5, 0.6) is 5.88 Å². The van der Waals surface area contributed by atoms with Crippen molar-refractivity contribution in [3.05, 3.63) is 17.8 Å². The first-order valence-electron chi connectivity index (χ1n) is 6.43. The highest BCUT2D eigenvalue weighted by atomic mass is 32.1. The van der Waals surface area contributed by atoms with Gasteiger partial charge in [0.15, 0.2) is 0 Å². The van der Waals surface area contributed by atoms with E-state index in [0.717, 1.165) is 16.6 Å². The van der Waals surface area contributed by atoms with Gasteiger partial charge in [0, 0.05) is 5.92 Å². The number of hydrogen-bond acceptors (Lipinski definition) is 5. The molecular weight excluding hydrogens is 246 g/mol. The Hall–Kier alpha value is -1.20. The average molecular weight is 263 g/mol. The first-order chi connectivity index (χ1) is 8.88. The summed E-state index contributed by atoms with van der Waals surface area (Å²) in [6, 6.07) is 2.02. The van der Waals surface area contributed by atoms with Crippen LogP contribution in [0.15, 0.2) is 17.8 Å². The molecule has 2 unspecified atom stereocenters. The molecule has 1 aliphatic rings. The molecule has 96 valence electrons. The minimum Gasteiger partial charge on any atom is -0.473 e. The molecule has 2 heterocycles. The molecule has 4 nitrogen and oxygen atoms in total. The smallest absolute Gasteiger partial charge is 0.225 e. The zero-order valence-corrected chi connectivity index (χ0v) is 11.0. The van der Waals surface area contributed by atoms with Crippen molar-refractivity contribution in [2.24, 2.45) is 11.7 Å². The molecule has 2 N–H and O–H groups in total. The topological polar surface area (TPSA) is 61.0 Å². The number of aromatic nitrogens is 2. The highest BCUT2D eigenvalue weighted by molar-refractivity contribution is 7.16. The summed E-state index contributed by atoms with van der Waals surface area (Å²) in [5.41, 5.74) is 5.83. The minimum atomic E-state index is 0.210. The zero-order valence-electron chi connectivity index (χ0n) is 10.2. The van der Waals surface area contributed by atoms with Crippen LogP contribution >= 0.6 is 11.3 Å². The van der Waals surface area contributed by atoms with Crippen molar-refractivity contribution in [3.8, 4) is 5.88 Å². The van der Waals surface area contributed by atoms with E-state index in [4.69, 9.17) is 10.5 Å². The van der Waals surface area contributed by atoms with Gasteiger partial charge in [-0.1, -0.05) is 6.42 Å². The minimum absolute atomic E-state index is 0.210. The predicted molar refractivity (Wildman–Crippen MR) is 72.8 cm³/mol. The molecule has 5 heteroatoms. The van der Waals surface area contributed by atoms with Crippen LogP contribution in [0.1, 0.15) is 25.7 Å². The maximum atomic E-state index is 6.11. The largest absolute Gasteiger partial charge is 0.473 e. The summed E-state index contributed by atoms with van der Waals surface area (Å²) in [5, 5.41) is 3.04. The zero-order chi connectivity index (χ0) is 12.4. The number of ether oxygens (including phenoxy) is 1. The SMILES string of the molecule is NCC1CCCCC1Oc1ncnc2sccc12. The first kappa shape index (κ1) is 11.9. The van der Waals surface area contributed by atoms with Gasteiger partial charge < -0.3 is 10.5 Å². The number of thiophene rings is 1. The second-order valence-electron chi connectivity index (χ2n) is 4.75. The first-order valence-corrected chi connectivity index (χ1v) is 7.31. The van der Waals surface area contributed by atoms with Gasteiger partial charge in [-0.3, -0.25) is 0 Å². The van der Waals surface area contributed by atoms with Crippen LogP contribution in [0.2, 0.25) is 0 Å². The maximum absolute atomic E-state index is 6.11. The lowest BCUT2D eigenvalue weighted by Crippen LogP contribution is -2.35. The summed E-state index contributed by atoms with van der Waals surface area (Å²) in [5.74, 6) is 1.18. The van der Waals surface area contributed by atoms with Crippen LogP contribution in [-0.4, -0.2) is 22.6 Å². The van der Waals surface area contributed by atoms with E-state index in [2.05, 4.69) is 9.97 Å². The van der Waals surface area contributed by atoms with Crippen LogP contribution in [0.25, 0.3) is 10.2 Å². The second kappa shape index (κ2) is 5.20. The van der Waals surface area contributed by atoms with E-state index in [0.29, 0.717) is 18.3 Å². The van der Waals surface area contributed by atoms with Crippen molar-refractivity contribution in [2.75, 3.05) is 6.54 Å². The molecule has 1 fully saturated rings. The van der Waals surface area contributed by atoms with Gasteiger partial charge in [0.1, 0.15) is 17.3 Å². The van der Waals surface area contributed by atoms with Crippen LogP contribution in [0.4, 0.5) is 0 Å². The van der Waals surface area contributed by atoms with Crippen molar-refractivity contribution in [1.29, 1.82) is 0 Å². The Labute approximate surface area is 110 Å². The highest BCUT2D eigenvalue weighted by Gasteiger charge is 2.26. The molecule has 3 rings (SSSR count). The quantitative estimate of drug-likeness (QED) is 0.924. The molecule has 0 bridgehead atoms. The van der Waals surface area contributed by atoms with E-state index in [1.807, 2.05) is 11.4 Å². The van der Waals surface area contributed by atoms with E-state index in [1.54, 1.807) is 17.7 Å². The molecule has 0 amide bonds. The third kappa shape index (κ3) is 2.20. The Morgan fingerprint density at radius 1 is 1.33 bits per heavy atom. The van der Waals surface area contributed by atoms with Crippen LogP contribution in [0, 0.1) is 5.92 Å². The summed E-state index contributed by atoms with van der Waals surface area (Å²) >= 11 is 1.61. The summed E-state index contributed by atoms with van der Waals surface area (Å²) < 4.78 is 6.11. The Balaban J connectivity index is 1.84. The number of rotatable bonds is 3. The van der Waals surface area contributed by atoms with Crippen LogP contribution < -0.4 is 10.5 Å². The van der Waals surface area contributed by atoms with E-state index >= 15 is 0 Å². The number of fused-ring (bicyclic) bond motifs is 1. The summed E-state index contributed by atoms with van der Waals surface area (Å²) in [6.45, 7) is 0.697. The molecule has 0 saturated heterocycles. The third-order valence-electron chi connectivity index (χ3n) is 3.63. The fraction of sp³-hybridized carbons (Fsp3) is 0.538. The molecule has 1 aliphatic carbocycles. The van der Waals surface area contributed by atoms with Gasteiger partial charge in [-0.25, -0.2) is 9.97 Å². The van der Waals surface area contributed by atoms with E-state index in [-0.39, 0.29) is 6.10 Å². The lowest BCUT2D eigenvalue weighted by atomic mass is 9.86. The van der Waals surface area contributed by atoms with Gasteiger partial charge in [-0.05, 0) is 37.3 Å². The molecule has 0 aliphatic heterocycles. The van der Waals surface area contributed by atoms with Crippen molar-refractivity contribution in [3.63, 3.8) is 0 Å². The van der Waals surface area contributed by atoms with E-state index < -0.39 is 0 Å². The molecule has 2 aromatic rings. The molecule has 0 spiro atoms. The van der Waals surface area contributed by atoms with Gasteiger partial charge in [0.05, 0.1) is 5.39 Å². The van der Waals surface area contributed by atoms with E-state index in [1.165, 1.54) is 19.3 Å². The molecule has 0 radical (unpaired) electrons. The molecule has 0 aromatic carbocycles. The molecule has 1 saturated carbocycles. The number of nitrogens with zero attached hydrogens (tertiary/aromatic N) is 2. The molecular formula is C13H17N3OS. The lowest BCUT2D eigenvalue weighted by Gasteiger charge is -2.30. The lowest BCUT2D eigenvalue weighted by molar-refractivity contribution is 0.0939. The van der Waals surface area contributed by atoms with E-state index in [9.17, 15) is 0 Å². The van der Waals surface area contributed by atoms with Gasteiger partial charge in [0.2, 0.25) is 5.88 Å². The normalized spacial score (nSPS) is 24.3. The fourth-order valence-electron chi connectivity index (χ4n) is 2.60. The summed E-state index contributed by atoms with van der Waals surface area (Å²) in [4.78, 5) is 9.50. The van der Waals surface area contributed by atoms with Gasteiger partial charge in [-0.2, -0.15) is 0 Å². The molecule has 2 aromatic heterocycles. The second-order valence-corrected chi connectivity index (χ2v) is 5.65. The Morgan fingerprint density at radius 3 is 3.11 bits per heavy atom. The Morgan fingerprint density at radius 2 is 2.22 bits per heavy atom. The highest BCUT2D eigenvalue weighted by Crippen LogP contribution is 2.31. The van der Waals surface area contributed by atoms with Crippen LogP contribution in [-0.2, 0) is 0 Å². The Kier molecular flexibility index (Phi) is 3.43. The van der Waals surface area contributed by atoms with Gasteiger partial charge >= 0.3 is 0 Å². The monoisotopic (exact) mass is 263 g/mol. The Bertz CT molecular complexity index is 528. The summed E-state index contributed by atoms with van der Waals surface area (Å²) in [6.07, 6.45) is 6.52. The average Bonchev–Trinajstić information content (AvgIpc) is 2.89. The standard InChI is InChI=1S/C13H17N3OS/c14-7-9-3-1-2-4-11(9)17-12-10-5-6-18-13(10)16-8-15-12/h5-6,8-9,11H,1-4,7,14H2. The van der Waals surface area contributed by atoms with Crippen molar-refractivity contribution in [1.82, 2.24) is 9.97 Å². The molecule has 2 atom stereocenters. The predicted octanol–water partition coefficient (Wildman–Crippen LogP) is 2.59. The van der Waals surface area contributed by atoms with Crippen molar-refractivity contribution >= 4 is 21.6 Å². The van der Waals surface area contributed by atoms with Crippen LogP contribution in [0.3, 0.4) is 0 Å². The maximum Gasteiger partial charge on any atom is 0.225 e.